The molecule has 2 fully saturated rings. The number of allylic oxidation sites excluding steroid dienone is 3. The highest BCUT2D eigenvalue weighted by atomic mass is 19.3. The molecule has 216 valence electrons. The molecule has 40 heavy (non-hydrogen) atoms. The van der Waals surface area contributed by atoms with Gasteiger partial charge in [0, 0.05) is 31.1 Å². The Morgan fingerprint density at radius 2 is 1.82 bits per heavy atom. The van der Waals surface area contributed by atoms with Crippen LogP contribution in [-0.2, 0) is 10.2 Å². The molecule has 3 rings (SSSR count). The quantitative estimate of drug-likeness (QED) is 0.289. The number of benzene rings is 1. The average molecular weight is 556 g/mol. The van der Waals surface area contributed by atoms with Crippen molar-refractivity contribution in [3.8, 4) is 12.3 Å². The van der Waals surface area contributed by atoms with Gasteiger partial charge in [-0.25, -0.2) is 18.0 Å². The average Bonchev–Trinajstić information content (AvgIpc) is 3.40. The summed E-state index contributed by atoms with van der Waals surface area (Å²) in [5.41, 5.74) is 1.44. The van der Waals surface area contributed by atoms with E-state index in [0.717, 1.165) is 5.56 Å². The van der Waals surface area contributed by atoms with Gasteiger partial charge in [-0.05, 0) is 67.4 Å². The first kappa shape index (κ1) is 31.1. The zero-order valence-corrected chi connectivity index (χ0v) is 23.9. The van der Waals surface area contributed by atoms with Gasteiger partial charge in [-0.15, -0.1) is 6.42 Å². The molecule has 1 aromatic rings. The Labute approximate surface area is 236 Å². The second kappa shape index (κ2) is 12.8. The van der Waals surface area contributed by atoms with Crippen LogP contribution in [0, 0.1) is 12.3 Å². The molecule has 1 saturated heterocycles. The zero-order chi connectivity index (χ0) is 29.7. The van der Waals surface area contributed by atoms with E-state index in [2.05, 4.69) is 38.6 Å². The number of anilines is 1. The molecule has 1 aliphatic heterocycles. The van der Waals surface area contributed by atoms with Gasteiger partial charge in [-0.2, -0.15) is 0 Å². The van der Waals surface area contributed by atoms with E-state index in [-0.39, 0.29) is 36.7 Å². The topological polar surface area (TPSA) is 52.7 Å². The van der Waals surface area contributed by atoms with Crippen LogP contribution in [0.2, 0.25) is 0 Å². The predicted molar refractivity (Wildman–Crippen MR) is 154 cm³/mol. The second-order valence-corrected chi connectivity index (χ2v) is 11.5. The maximum Gasteiger partial charge on any atom is 0.326 e. The number of urea groups is 1. The first-order valence-corrected chi connectivity index (χ1v) is 13.8. The van der Waals surface area contributed by atoms with E-state index in [1.165, 1.54) is 30.1 Å². The van der Waals surface area contributed by atoms with Gasteiger partial charge < -0.3 is 10.2 Å². The Kier molecular flexibility index (Phi) is 9.94. The summed E-state index contributed by atoms with van der Waals surface area (Å²) in [7, 11) is 0. The van der Waals surface area contributed by atoms with Crippen molar-refractivity contribution in [2.75, 3.05) is 11.4 Å². The molecule has 0 bridgehead atoms. The normalized spacial score (nSPS) is 20.9. The molecule has 0 spiro atoms. The number of carbonyl (C=O) groups is 2. The largest absolute Gasteiger partial charge is 0.351 e. The van der Waals surface area contributed by atoms with E-state index in [0.29, 0.717) is 25.1 Å². The number of rotatable bonds is 7. The molecule has 1 N–H and O–H groups in total. The maximum absolute atomic E-state index is 14.6. The Balaban J connectivity index is 2.13. The zero-order valence-electron chi connectivity index (χ0n) is 23.9. The lowest BCUT2D eigenvalue weighted by molar-refractivity contribution is -0.123. The van der Waals surface area contributed by atoms with Crippen molar-refractivity contribution in [3.63, 3.8) is 0 Å². The SMILES string of the molecule is C#CC1CCCN1C(=O)N(c1ccc(C(C)(C)C)cc1)C(C(=O)NC1CCC(F)(F)CC1)/C(C=C)=C/C(F)=C\C. The van der Waals surface area contributed by atoms with Crippen LogP contribution >= 0.6 is 0 Å². The van der Waals surface area contributed by atoms with E-state index in [9.17, 15) is 22.8 Å². The lowest BCUT2D eigenvalue weighted by Gasteiger charge is -2.37. The molecule has 8 heteroatoms. The number of halogens is 3. The maximum atomic E-state index is 14.6. The summed E-state index contributed by atoms with van der Waals surface area (Å²) < 4.78 is 42.2. The molecule has 2 atom stereocenters. The van der Waals surface area contributed by atoms with Crippen molar-refractivity contribution < 1.29 is 22.8 Å². The van der Waals surface area contributed by atoms with Crippen molar-refractivity contribution >= 4 is 17.6 Å². The van der Waals surface area contributed by atoms with Crippen LogP contribution in [-0.4, -0.2) is 47.4 Å². The molecule has 2 unspecified atom stereocenters. The van der Waals surface area contributed by atoms with Gasteiger partial charge in [0.2, 0.25) is 11.8 Å². The highest BCUT2D eigenvalue weighted by molar-refractivity contribution is 6.02. The minimum absolute atomic E-state index is 0.0986. The van der Waals surface area contributed by atoms with Gasteiger partial charge in [0.15, 0.2) is 0 Å². The number of nitrogens with one attached hydrogen (secondary N) is 1. The molecule has 1 saturated carbocycles. The molecule has 0 radical (unpaired) electrons. The van der Waals surface area contributed by atoms with Crippen LogP contribution in [0.5, 0.6) is 0 Å². The van der Waals surface area contributed by atoms with E-state index < -0.39 is 41.8 Å². The smallest absolute Gasteiger partial charge is 0.326 e. The summed E-state index contributed by atoms with van der Waals surface area (Å²) in [5, 5.41) is 2.86. The van der Waals surface area contributed by atoms with Gasteiger partial charge in [-0.3, -0.25) is 9.69 Å². The minimum atomic E-state index is -2.77. The summed E-state index contributed by atoms with van der Waals surface area (Å²) >= 11 is 0. The van der Waals surface area contributed by atoms with Gasteiger partial charge >= 0.3 is 6.03 Å². The number of hydrogen-bond donors (Lipinski definition) is 1. The van der Waals surface area contributed by atoms with Crippen molar-refractivity contribution in [1.82, 2.24) is 10.2 Å². The van der Waals surface area contributed by atoms with E-state index >= 15 is 0 Å². The van der Waals surface area contributed by atoms with Gasteiger partial charge in [0.1, 0.15) is 11.9 Å². The van der Waals surface area contributed by atoms with E-state index in [1.54, 1.807) is 17.0 Å². The van der Waals surface area contributed by atoms with Crippen molar-refractivity contribution in [3.05, 3.63) is 66.0 Å². The summed E-state index contributed by atoms with van der Waals surface area (Å²) in [6, 6.07) is 4.53. The lowest BCUT2D eigenvalue weighted by atomic mass is 9.87. The Bertz CT molecular complexity index is 1180. The summed E-state index contributed by atoms with van der Waals surface area (Å²) in [4.78, 5) is 31.0. The highest BCUT2D eigenvalue weighted by Crippen LogP contribution is 2.34. The fourth-order valence-electron chi connectivity index (χ4n) is 5.17. The molecular formula is C32H40F3N3O2. The fourth-order valence-corrected chi connectivity index (χ4v) is 5.17. The van der Waals surface area contributed by atoms with Gasteiger partial charge in [0.05, 0.1) is 6.04 Å². The highest BCUT2D eigenvalue weighted by Gasteiger charge is 2.41. The summed E-state index contributed by atoms with van der Waals surface area (Å²) in [6.07, 6.45) is 10.3. The third-order valence-electron chi connectivity index (χ3n) is 7.61. The predicted octanol–water partition coefficient (Wildman–Crippen LogP) is 7.06. The summed E-state index contributed by atoms with van der Waals surface area (Å²) in [6.45, 7) is 11.9. The molecular weight excluding hydrogens is 515 g/mol. The monoisotopic (exact) mass is 555 g/mol. The van der Waals surface area contributed by atoms with Crippen LogP contribution < -0.4 is 10.2 Å². The molecule has 3 amide bonds. The molecule has 5 nitrogen and oxygen atoms in total. The first-order valence-electron chi connectivity index (χ1n) is 13.8. The third-order valence-corrected chi connectivity index (χ3v) is 7.61. The van der Waals surface area contributed by atoms with Crippen LogP contribution in [0.1, 0.15) is 71.8 Å². The first-order chi connectivity index (χ1) is 18.8. The standard InChI is InChI=1S/C32H40F3N3O2/c1-7-22(21-24(33)8-2)28(29(39)36-25-16-18-32(34,35)19-17-25)38(30(40)37-20-10-11-26(37)9-3)27-14-12-23(13-15-27)31(4,5)6/h3,7-8,12-15,21,25-26,28H,1,10-11,16-20H2,2,4-6H3,(H,36,39)/b22-21+,24-8+. The van der Waals surface area contributed by atoms with E-state index in [4.69, 9.17) is 6.42 Å². The third kappa shape index (κ3) is 7.38. The number of nitrogens with zero attached hydrogens (tertiary/aromatic N) is 2. The van der Waals surface area contributed by atoms with E-state index in [1.807, 2.05) is 12.1 Å². The summed E-state index contributed by atoms with van der Waals surface area (Å²) in [5.74, 6) is -1.32. The molecule has 1 heterocycles. The van der Waals surface area contributed by atoms with Gasteiger partial charge in [0.25, 0.3) is 0 Å². The molecule has 1 aromatic carbocycles. The number of terminal acetylenes is 1. The van der Waals surface area contributed by atoms with Crippen LogP contribution in [0.3, 0.4) is 0 Å². The van der Waals surface area contributed by atoms with Crippen LogP contribution in [0.25, 0.3) is 0 Å². The number of alkyl halides is 2. The Morgan fingerprint density at radius 1 is 1.20 bits per heavy atom. The lowest BCUT2D eigenvalue weighted by Crippen LogP contribution is -2.57. The van der Waals surface area contributed by atoms with Crippen molar-refractivity contribution in [2.45, 2.75) is 95.7 Å². The Hall–Kier alpha value is -3.47. The number of amides is 3. The van der Waals surface area contributed by atoms with Crippen molar-refractivity contribution in [2.24, 2.45) is 0 Å². The van der Waals surface area contributed by atoms with Crippen LogP contribution in [0.15, 0.2) is 60.5 Å². The minimum Gasteiger partial charge on any atom is -0.351 e. The molecule has 2 aliphatic rings. The fraction of sp³-hybridized carbons (Fsp3) is 0.500. The second-order valence-electron chi connectivity index (χ2n) is 11.5. The van der Waals surface area contributed by atoms with Crippen molar-refractivity contribution in [1.29, 1.82) is 0 Å². The Morgan fingerprint density at radius 3 is 2.35 bits per heavy atom. The molecule has 1 aliphatic carbocycles. The number of carbonyl (C=O) groups excluding carboxylic acids is 2. The number of hydrogen-bond acceptors (Lipinski definition) is 2. The molecule has 0 aromatic heterocycles. The number of likely N-dealkylation sites (tertiary alicyclic amines) is 1. The van der Waals surface area contributed by atoms with Crippen LogP contribution in [0.4, 0.5) is 23.7 Å². The van der Waals surface area contributed by atoms with Gasteiger partial charge in [-0.1, -0.05) is 57.6 Å².